The minimum absolute atomic E-state index is 0.0757. The molecule has 0 fully saturated rings. The number of para-hydroxylation sites is 1. The van der Waals surface area contributed by atoms with Crippen molar-refractivity contribution in [2.75, 3.05) is 18.8 Å². The van der Waals surface area contributed by atoms with E-state index in [0.717, 1.165) is 6.26 Å². The molecule has 0 unspecified atom stereocenters. The van der Waals surface area contributed by atoms with Gasteiger partial charge in [-0.25, -0.2) is 13.2 Å². The maximum absolute atomic E-state index is 11.7. The van der Waals surface area contributed by atoms with Gasteiger partial charge in [-0.05, 0) is 24.3 Å². The fourth-order valence-electron chi connectivity index (χ4n) is 1.85. The minimum Gasteiger partial charge on any atom is -0.465 e. The van der Waals surface area contributed by atoms with Gasteiger partial charge in [0.05, 0.1) is 23.3 Å². The second-order valence-electron chi connectivity index (χ2n) is 4.59. The number of nitrogens with one attached hydrogen (secondary N) is 1. The van der Waals surface area contributed by atoms with Crippen LogP contribution < -0.4 is 5.43 Å². The van der Waals surface area contributed by atoms with Crippen LogP contribution in [0.25, 0.3) is 0 Å². The summed E-state index contributed by atoms with van der Waals surface area (Å²) in [5, 5.41) is 7.64. The third-order valence-corrected chi connectivity index (χ3v) is 4.07. The molecule has 1 N–H and O–H groups in total. The lowest BCUT2D eigenvalue weighted by atomic mass is 10.2. The molecule has 2 aromatic rings. The zero-order chi connectivity index (χ0) is 16.9. The van der Waals surface area contributed by atoms with Gasteiger partial charge in [0.1, 0.15) is 5.69 Å². The van der Waals surface area contributed by atoms with Crippen LogP contribution in [0.5, 0.6) is 0 Å². The number of methoxy groups -OCH3 is 1. The molecule has 0 saturated carbocycles. The number of anilines is 1. The molecular weight excluding hydrogens is 318 g/mol. The van der Waals surface area contributed by atoms with Crippen LogP contribution in [0.2, 0.25) is 0 Å². The van der Waals surface area contributed by atoms with Crippen LogP contribution in [0.15, 0.2) is 63.8 Å². The van der Waals surface area contributed by atoms with Gasteiger partial charge in [-0.15, -0.1) is 5.11 Å². The molecular formula is C15H15N3O4S. The first-order valence-electron chi connectivity index (χ1n) is 6.56. The highest BCUT2D eigenvalue weighted by molar-refractivity contribution is 7.90. The maximum Gasteiger partial charge on any atom is 0.340 e. The molecule has 7 nitrogen and oxygen atoms in total. The van der Waals surface area contributed by atoms with Crippen molar-refractivity contribution in [1.29, 1.82) is 0 Å². The van der Waals surface area contributed by atoms with Gasteiger partial charge in [0, 0.05) is 6.26 Å². The molecule has 0 radical (unpaired) electrons. The van der Waals surface area contributed by atoms with E-state index in [2.05, 4.69) is 20.5 Å². The Kier molecular flexibility index (Phi) is 5.07. The second-order valence-corrected chi connectivity index (χ2v) is 6.57. The summed E-state index contributed by atoms with van der Waals surface area (Å²) in [7, 11) is -2.13. The SMILES string of the molecule is COC(=O)c1ccccc1NN=Nc1ccccc1S(C)(=O)=O. The van der Waals surface area contributed by atoms with E-state index >= 15 is 0 Å². The molecule has 8 heteroatoms. The third-order valence-electron chi connectivity index (χ3n) is 2.93. The van der Waals surface area contributed by atoms with Crippen molar-refractivity contribution in [3.63, 3.8) is 0 Å². The van der Waals surface area contributed by atoms with E-state index in [-0.39, 0.29) is 10.6 Å². The molecule has 120 valence electrons. The van der Waals surface area contributed by atoms with Crippen LogP contribution >= 0.6 is 0 Å². The number of hydrogen-bond donors (Lipinski definition) is 1. The van der Waals surface area contributed by atoms with Crippen LogP contribution in [0.1, 0.15) is 10.4 Å². The van der Waals surface area contributed by atoms with Gasteiger partial charge in [0.15, 0.2) is 9.84 Å². The van der Waals surface area contributed by atoms with E-state index in [1.54, 1.807) is 36.4 Å². The lowest BCUT2D eigenvalue weighted by Gasteiger charge is -2.06. The molecule has 0 aromatic heterocycles. The van der Waals surface area contributed by atoms with Gasteiger partial charge in [-0.1, -0.05) is 29.5 Å². The van der Waals surface area contributed by atoms with Crippen molar-refractivity contribution in [2.45, 2.75) is 4.90 Å². The number of nitrogens with zero attached hydrogens (tertiary/aromatic N) is 2. The third kappa shape index (κ3) is 4.13. The van der Waals surface area contributed by atoms with Crippen LogP contribution in [0, 0.1) is 0 Å². The number of carbonyl (C=O) groups is 1. The normalized spacial score (nSPS) is 11.4. The van der Waals surface area contributed by atoms with E-state index in [9.17, 15) is 13.2 Å². The monoisotopic (exact) mass is 333 g/mol. The first kappa shape index (κ1) is 16.6. The fraction of sp³-hybridized carbons (Fsp3) is 0.133. The quantitative estimate of drug-likeness (QED) is 0.515. The molecule has 0 aliphatic carbocycles. The van der Waals surface area contributed by atoms with Gasteiger partial charge in [0.2, 0.25) is 0 Å². The summed E-state index contributed by atoms with van der Waals surface area (Å²) in [5.74, 6) is -0.514. The van der Waals surface area contributed by atoms with Gasteiger partial charge < -0.3 is 4.74 Å². The van der Waals surface area contributed by atoms with Crippen LogP contribution in [0.3, 0.4) is 0 Å². The Hall–Kier alpha value is -2.74. The second kappa shape index (κ2) is 7.01. The van der Waals surface area contributed by atoms with Crippen molar-refractivity contribution < 1.29 is 17.9 Å². The molecule has 0 bridgehead atoms. The molecule has 0 heterocycles. The number of carbonyl (C=O) groups excluding carboxylic acids is 1. The Labute approximate surface area is 133 Å². The summed E-state index contributed by atoms with van der Waals surface area (Å²) in [6.45, 7) is 0. The molecule has 0 aliphatic rings. The van der Waals surface area contributed by atoms with Gasteiger partial charge in [0.25, 0.3) is 0 Å². The predicted octanol–water partition coefficient (Wildman–Crippen LogP) is 2.99. The predicted molar refractivity (Wildman–Crippen MR) is 85.5 cm³/mol. The first-order valence-corrected chi connectivity index (χ1v) is 8.46. The van der Waals surface area contributed by atoms with E-state index in [0.29, 0.717) is 11.3 Å². The van der Waals surface area contributed by atoms with Crippen LogP contribution in [-0.2, 0) is 14.6 Å². The van der Waals surface area contributed by atoms with E-state index in [1.165, 1.54) is 19.2 Å². The maximum atomic E-state index is 11.7. The summed E-state index contributed by atoms with van der Waals surface area (Å²) < 4.78 is 28.0. The highest BCUT2D eigenvalue weighted by Gasteiger charge is 2.13. The van der Waals surface area contributed by atoms with E-state index in [4.69, 9.17) is 0 Å². The van der Waals surface area contributed by atoms with Crippen molar-refractivity contribution >= 4 is 27.2 Å². The first-order chi connectivity index (χ1) is 10.9. The molecule has 0 spiro atoms. The molecule has 2 rings (SSSR count). The van der Waals surface area contributed by atoms with Gasteiger partial charge in [-0.2, -0.15) is 0 Å². The molecule has 2 aromatic carbocycles. The van der Waals surface area contributed by atoms with Crippen molar-refractivity contribution in [1.82, 2.24) is 0 Å². The zero-order valence-electron chi connectivity index (χ0n) is 12.6. The number of benzene rings is 2. The van der Waals surface area contributed by atoms with Crippen molar-refractivity contribution in [3.8, 4) is 0 Å². The van der Waals surface area contributed by atoms with Gasteiger partial charge in [-0.3, -0.25) is 5.43 Å². The largest absolute Gasteiger partial charge is 0.465 e. The standard InChI is InChI=1S/C15H15N3O4S/c1-22-15(19)11-7-3-4-8-12(11)16-18-17-13-9-5-6-10-14(13)23(2,20)21/h3-10H,1-2H3,(H,16,17). The van der Waals surface area contributed by atoms with E-state index < -0.39 is 15.8 Å². The summed E-state index contributed by atoms with van der Waals surface area (Å²) in [5.41, 5.74) is 3.52. The Morgan fingerprint density at radius 3 is 2.43 bits per heavy atom. The number of esters is 1. The molecule has 0 aliphatic heterocycles. The van der Waals surface area contributed by atoms with Crippen molar-refractivity contribution in [3.05, 3.63) is 54.1 Å². The topological polar surface area (TPSA) is 97.2 Å². The number of hydrogen-bond acceptors (Lipinski definition) is 6. The summed E-state index contributed by atoms with van der Waals surface area (Å²) >= 11 is 0. The molecule has 23 heavy (non-hydrogen) atoms. The summed E-state index contributed by atoms with van der Waals surface area (Å²) in [4.78, 5) is 11.7. The highest BCUT2D eigenvalue weighted by Crippen LogP contribution is 2.24. The minimum atomic E-state index is -3.41. The Bertz CT molecular complexity index is 847. The fourth-order valence-corrected chi connectivity index (χ4v) is 2.67. The lowest BCUT2D eigenvalue weighted by Crippen LogP contribution is -2.04. The molecule has 0 amide bonds. The Morgan fingerprint density at radius 2 is 1.74 bits per heavy atom. The van der Waals surface area contributed by atoms with Crippen LogP contribution in [0.4, 0.5) is 11.4 Å². The number of ether oxygens (including phenoxy) is 1. The summed E-state index contributed by atoms with van der Waals surface area (Å²) in [6.07, 6.45) is 1.10. The smallest absolute Gasteiger partial charge is 0.340 e. The average Bonchev–Trinajstić information content (AvgIpc) is 2.54. The zero-order valence-corrected chi connectivity index (χ0v) is 13.4. The Morgan fingerprint density at radius 1 is 1.09 bits per heavy atom. The highest BCUT2D eigenvalue weighted by atomic mass is 32.2. The molecule has 0 atom stereocenters. The lowest BCUT2D eigenvalue weighted by molar-refractivity contribution is 0.0602. The van der Waals surface area contributed by atoms with Crippen molar-refractivity contribution in [2.24, 2.45) is 10.3 Å². The Balaban J connectivity index is 2.26. The summed E-state index contributed by atoms with van der Waals surface area (Å²) in [6, 6.07) is 12.9. The number of sulfone groups is 1. The van der Waals surface area contributed by atoms with Crippen LogP contribution in [-0.4, -0.2) is 27.8 Å². The van der Waals surface area contributed by atoms with Gasteiger partial charge >= 0.3 is 5.97 Å². The average molecular weight is 333 g/mol. The van der Waals surface area contributed by atoms with E-state index in [1.807, 2.05) is 0 Å². The molecule has 0 saturated heterocycles. The number of rotatable bonds is 5.